The lowest BCUT2D eigenvalue weighted by Gasteiger charge is -2.22. The lowest BCUT2D eigenvalue weighted by molar-refractivity contribution is 0.0222. The number of ether oxygens (including phenoxy) is 2. The van der Waals surface area contributed by atoms with Crippen molar-refractivity contribution in [3.8, 4) is 5.75 Å². The number of carbonyl (C=O) groups is 1. The number of likely N-dealkylation sites (N-methyl/N-ethyl adjacent to an activating group) is 1. The number of carbonyl (C=O) groups excluding carboxylic acids is 1. The zero-order valence-electron chi connectivity index (χ0n) is 13.1. The lowest BCUT2D eigenvalue weighted by atomic mass is 9.99. The molecule has 0 aromatic heterocycles. The molecule has 0 spiro atoms. The van der Waals surface area contributed by atoms with Gasteiger partial charge in [-0.2, -0.15) is 5.10 Å². The molecule has 2 rings (SSSR count). The number of benzene rings is 1. The summed E-state index contributed by atoms with van der Waals surface area (Å²) in [7, 11) is 1.86. The van der Waals surface area contributed by atoms with Gasteiger partial charge in [-0.3, -0.25) is 15.5 Å². The Morgan fingerprint density at radius 1 is 1.45 bits per heavy atom. The molecule has 1 atom stereocenters. The third-order valence-electron chi connectivity index (χ3n) is 3.32. The second-order valence-electron chi connectivity index (χ2n) is 4.83. The van der Waals surface area contributed by atoms with Crippen molar-refractivity contribution in [1.82, 2.24) is 10.7 Å². The van der Waals surface area contributed by atoms with Gasteiger partial charge in [0.15, 0.2) is 6.79 Å². The summed E-state index contributed by atoms with van der Waals surface area (Å²) in [5.74, 6) is 0.578. The summed E-state index contributed by atoms with van der Waals surface area (Å²) in [6.07, 6.45) is 2.84. The van der Waals surface area contributed by atoms with E-state index in [-0.39, 0.29) is 13.0 Å². The third kappa shape index (κ3) is 3.72. The van der Waals surface area contributed by atoms with Crippen LogP contribution >= 0.6 is 0 Å². The van der Waals surface area contributed by atoms with Crippen molar-refractivity contribution < 1.29 is 14.3 Å². The quantitative estimate of drug-likeness (QED) is 0.455. The van der Waals surface area contributed by atoms with Crippen molar-refractivity contribution in [2.24, 2.45) is 5.10 Å². The second-order valence-corrected chi connectivity index (χ2v) is 4.83. The molecule has 2 N–H and O–H groups in total. The molecule has 22 heavy (non-hydrogen) atoms. The van der Waals surface area contributed by atoms with Crippen LogP contribution in [0, 0.1) is 0 Å². The predicted molar refractivity (Wildman–Crippen MR) is 85.2 cm³/mol. The van der Waals surface area contributed by atoms with Gasteiger partial charge in [0.25, 0.3) is 0 Å². The number of allylic oxidation sites excluding steroid dienone is 1. The average molecular weight is 303 g/mol. The normalized spacial score (nSPS) is 17.3. The van der Waals surface area contributed by atoms with Gasteiger partial charge in [0, 0.05) is 17.7 Å². The van der Waals surface area contributed by atoms with E-state index in [1.54, 1.807) is 12.1 Å². The fourth-order valence-corrected chi connectivity index (χ4v) is 2.12. The summed E-state index contributed by atoms with van der Waals surface area (Å²) in [6, 6.07) is 5.28. The van der Waals surface area contributed by atoms with Crippen molar-refractivity contribution in [2.75, 3.05) is 20.4 Å². The van der Waals surface area contributed by atoms with Crippen LogP contribution in [0.3, 0.4) is 0 Å². The number of hydrazone groups is 1. The molecule has 1 aromatic rings. The van der Waals surface area contributed by atoms with Gasteiger partial charge in [-0.05, 0) is 44.7 Å². The molecule has 6 heteroatoms. The number of hydrogen-bond donors (Lipinski definition) is 2. The molecule has 118 valence electrons. The van der Waals surface area contributed by atoms with E-state index in [0.29, 0.717) is 17.9 Å². The average Bonchev–Trinajstić information content (AvgIpc) is 2.55. The second kappa shape index (κ2) is 7.72. The van der Waals surface area contributed by atoms with E-state index in [2.05, 4.69) is 15.8 Å². The summed E-state index contributed by atoms with van der Waals surface area (Å²) in [5.41, 5.74) is 6.20. The van der Waals surface area contributed by atoms with Crippen molar-refractivity contribution >= 4 is 12.0 Å². The summed E-state index contributed by atoms with van der Waals surface area (Å²) < 4.78 is 10.9. The summed E-state index contributed by atoms with van der Waals surface area (Å²) in [5, 5.41) is 7.49. The van der Waals surface area contributed by atoms with E-state index in [1.807, 2.05) is 33.0 Å². The van der Waals surface area contributed by atoms with Gasteiger partial charge >= 0.3 is 0 Å². The molecule has 1 unspecified atom stereocenters. The van der Waals surface area contributed by atoms with E-state index in [9.17, 15) is 4.79 Å². The van der Waals surface area contributed by atoms with E-state index in [4.69, 9.17) is 9.47 Å². The first-order valence-corrected chi connectivity index (χ1v) is 7.19. The highest BCUT2D eigenvalue weighted by Crippen LogP contribution is 2.25. The summed E-state index contributed by atoms with van der Waals surface area (Å²) >= 11 is 0. The first-order valence-electron chi connectivity index (χ1n) is 7.19. The number of rotatable bonds is 7. The third-order valence-corrected chi connectivity index (χ3v) is 3.32. The number of hydrogen-bond acceptors (Lipinski definition) is 6. The van der Waals surface area contributed by atoms with Crippen LogP contribution in [0.5, 0.6) is 5.75 Å². The molecule has 0 radical (unpaired) electrons. The molecule has 1 aliphatic heterocycles. The monoisotopic (exact) mass is 303 g/mol. The number of nitrogens with zero attached hydrogens (tertiary/aromatic N) is 1. The topological polar surface area (TPSA) is 72.0 Å². The van der Waals surface area contributed by atoms with E-state index in [0.717, 1.165) is 23.1 Å². The Hall–Kier alpha value is -2.18. The molecular formula is C16H21N3O3. The minimum Gasteiger partial charge on any atom is -0.467 e. The summed E-state index contributed by atoms with van der Waals surface area (Å²) in [4.78, 5) is 11.0. The van der Waals surface area contributed by atoms with E-state index >= 15 is 0 Å². The minimum atomic E-state index is 0.00536. The fourth-order valence-electron chi connectivity index (χ4n) is 2.12. The minimum absolute atomic E-state index is 0.00536. The van der Waals surface area contributed by atoms with Gasteiger partial charge in [0.05, 0.1) is 5.71 Å². The van der Waals surface area contributed by atoms with E-state index in [1.165, 1.54) is 0 Å². The van der Waals surface area contributed by atoms with Crippen LogP contribution in [0.4, 0.5) is 0 Å². The van der Waals surface area contributed by atoms with Crippen LogP contribution in [0.1, 0.15) is 29.8 Å². The van der Waals surface area contributed by atoms with Gasteiger partial charge in [-0.25, -0.2) is 0 Å². The lowest BCUT2D eigenvalue weighted by Crippen LogP contribution is -2.39. The largest absolute Gasteiger partial charge is 0.467 e. The Morgan fingerprint density at radius 3 is 2.91 bits per heavy atom. The van der Waals surface area contributed by atoms with Crippen LogP contribution in [0.15, 0.2) is 34.9 Å². The number of aldehydes is 1. The van der Waals surface area contributed by atoms with Gasteiger partial charge in [0.2, 0.25) is 0 Å². The van der Waals surface area contributed by atoms with Crippen LogP contribution in [0.2, 0.25) is 0 Å². The van der Waals surface area contributed by atoms with E-state index < -0.39 is 0 Å². The maximum absolute atomic E-state index is 11.0. The number of nitrogens with one attached hydrogen (secondary N) is 2. The van der Waals surface area contributed by atoms with Gasteiger partial charge in [0.1, 0.15) is 18.2 Å². The smallest absolute Gasteiger partial charge is 0.189 e. The molecule has 1 aliphatic rings. The maximum Gasteiger partial charge on any atom is 0.189 e. The Bertz CT molecular complexity index is 596. The van der Waals surface area contributed by atoms with Crippen molar-refractivity contribution in [1.29, 1.82) is 0 Å². The molecule has 6 nitrogen and oxygen atoms in total. The van der Waals surface area contributed by atoms with Crippen LogP contribution in [-0.2, 0) is 4.74 Å². The van der Waals surface area contributed by atoms with Gasteiger partial charge < -0.3 is 9.47 Å². The Morgan fingerprint density at radius 2 is 2.27 bits per heavy atom. The zero-order chi connectivity index (χ0) is 15.9. The SMILES string of the molecule is CCOCOc1cc(C=O)ccc1C1=NNC(NC)C=C1C. The van der Waals surface area contributed by atoms with Crippen molar-refractivity contribution in [3.63, 3.8) is 0 Å². The fraction of sp³-hybridized carbons (Fsp3) is 0.375. The molecular weight excluding hydrogens is 282 g/mol. The van der Waals surface area contributed by atoms with Crippen molar-refractivity contribution in [2.45, 2.75) is 20.0 Å². The Balaban J connectivity index is 2.31. The zero-order valence-corrected chi connectivity index (χ0v) is 13.1. The highest BCUT2D eigenvalue weighted by atomic mass is 16.7. The first kappa shape index (κ1) is 16.2. The van der Waals surface area contributed by atoms with Crippen LogP contribution < -0.4 is 15.5 Å². The molecule has 1 aromatic carbocycles. The van der Waals surface area contributed by atoms with Crippen molar-refractivity contribution in [3.05, 3.63) is 41.0 Å². The van der Waals surface area contributed by atoms with Crippen LogP contribution in [-0.4, -0.2) is 38.6 Å². The molecule has 1 heterocycles. The van der Waals surface area contributed by atoms with Gasteiger partial charge in [-0.1, -0.05) is 6.07 Å². The Kier molecular flexibility index (Phi) is 5.68. The Labute approximate surface area is 130 Å². The molecule has 0 aliphatic carbocycles. The van der Waals surface area contributed by atoms with Crippen LogP contribution in [0.25, 0.3) is 0 Å². The molecule has 0 amide bonds. The predicted octanol–water partition coefficient (Wildman–Crippen LogP) is 1.67. The highest BCUT2D eigenvalue weighted by Gasteiger charge is 2.18. The molecule has 0 saturated heterocycles. The standard InChI is InChI=1S/C16H21N3O3/c1-4-21-10-22-14-8-12(9-20)5-6-13(14)16-11(2)7-15(17-3)18-19-16/h5-9,15,17-18H,4,10H2,1-3H3. The maximum atomic E-state index is 11.0. The molecule has 0 fully saturated rings. The molecule has 0 saturated carbocycles. The molecule has 0 bridgehead atoms. The van der Waals surface area contributed by atoms with Gasteiger partial charge in [-0.15, -0.1) is 0 Å². The summed E-state index contributed by atoms with van der Waals surface area (Å²) in [6.45, 7) is 4.58. The highest BCUT2D eigenvalue weighted by molar-refractivity contribution is 6.14. The first-order chi connectivity index (χ1) is 10.7.